The quantitative estimate of drug-likeness (QED) is 0.654. The predicted molar refractivity (Wildman–Crippen MR) is 71.5 cm³/mol. The fraction of sp³-hybridized carbons (Fsp3) is 0.500. The number of ketones is 1. The van der Waals surface area contributed by atoms with E-state index in [1.807, 2.05) is 18.2 Å². The van der Waals surface area contributed by atoms with E-state index in [2.05, 4.69) is 11.0 Å². The Balaban J connectivity index is 2.10. The first kappa shape index (κ1) is 13.1. The van der Waals surface area contributed by atoms with Crippen molar-refractivity contribution in [3.8, 4) is 0 Å². The van der Waals surface area contributed by atoms with Crippen LogP contribution < -0.4 is 10.8 Å². The van der Waals surface area contributed by atoms with Crippen LogP contribution in [0, 0.1) is 5.92 Å². The van der Waals surface area contributed by atoms with E-state index < -0.39 is 0 Å². The van der Waals surface area contributed by atoms with Gasteiger partial charge in [0.2, 0.25) is 0 Å². The first-order valence-electron chi connectivity index (χ1n) is 6.38. The van der Waals surface area contributed by atoms with Gasteiger partial charge < -0.3 is 9.74 Å². The summed E-state index contributed by atoms with van der Waals surface area (Å²) in [6.07, 6.45) is 2.29. The van der Waals surface area contributed by atoms with Crippen LogP contribution in [0.3, 0.4) is 0 Å². The second-order valence-electron chi connectivity index (χ2n) is 4.89. The third-order valence-electron chi connectivity index (χ3n) is 3.47. The minimum atomic E-state index is 0.107. The van der Waals surface area contributed by atoms with Gasteiger partial charge in [0.25, 0.3) is 0 Å². The van der Waals surface area contributed by atoms with Gasteiger partial charge in [0.15, 0.2) is 5.78 Å². The fourth-order valence-electron chi connectivity index (χ4n) is 2.49. The number of carbonyl (C=O) groups excluding carboxylic acids is 1. The third kappa shape index (κ3) is 3.09. The summed E-state index contributed by atoms with van der Waals surface area (Å²) >= 11 is 0. The normalized spacial score (nSPS) is 19.9. The van der Waals surface area contributed by atoms with Crippen LogP contribution in [0.4, 0.5) is 5.69 Å². The fourth-order valence-corrected chi connectivity index (χ4v) is 2.49. The van der Waals surface area contributed by atoms with Crippen LogP contribution in [0.15, 0.2) is 24.3 Å². The van der Waals surface area contributed by atoms with Crippen molar-refractivity contribution in [2.45, 2.75) is 19.8 Å². The lowest BCUT2D eigenvalue weighted by Crippen LogP contribution is -2.37. The number of rotatable bonds is 4. The highest BCUT2D eigenvalue weighted by molar-refractivity contribution is 5.94. The van der Waals surface area contributed by atoms with Gasteiger partial charge in [0, 0.05) is 30.3 Å². The highest BCUT2D eigenvalue weighted by Gasteiger charge is 2.20. The summed E-state index contributed by atoms with van der Waals surface area (Å²) < 4.78 is 0. The number of piperidine rings is 1. The van der Waals surface area contributed by atoms with E-state index in [1.165, 1.54) is 0 Å². The topological polar surface area (TPSA) is 55.6 Å². The molecule has 2 rings (SSSR count). The van der Waals surface area contributed by atoms with Gasteiger partial charge in [0.1, 0.15) is 0 Å². The molecule has 1 heterocycles. The SMILES string of the molecule is CC(=O)c1cccc(N2CCCC(CON)C2)c1. The molecule has 0 amide bonds. The van der Waals surface area contributed by atoms with Crippen LogP contribution in [0.25, 0.3) is 0 Å². The first-order valence-corrected chi connectivity index (χ1v) is 6.38. The molecule has 0 aliphatic carbocycles. The van der Waals surface area contributed by atoms with Crippen LogP contribution in [0.5, 0.6) is 0 Å². The maximum atomic E-state index is 11.4. The van der Waals surface area contributed by atoms with E-state index >= 15 is 0 Å². The Kier molecular flexibility index (Phi) is 4.33. The van der Waals surface area contributed by atoms with Gasteiger partial charge in [-0.05, 0) is 31.9 Å². The molecule has 0 spiro atoms. The minimum absolute atomic E-state index is 0.107. The predicted octanol–water partition coefficient (Wildman–Crippen LogP) is 2.00. The lowest BCUT2D eigenvalue weighted by atomic mass is 9.98. The zero-order valence-electron chi connectivity index (χ0n) is 10.8. The third-order valence-corrected chi connectivity index (χ3v) is 3.47. The molecule has 1 atom stereocenters. The number of hydrogen-bond acceptors (Lipinski definition) is 4. The minimum Gasteiger partial charge on any atom is -0.371 e. The molecular weight excluding hydrogens is 228 g/mol. The number of hydrogen-bond donors (Lipinski definition) is 1. The average molecular weight is 248 g/mol. The van der Waals surface area contributed by atoms with Crippen molar-refractivity contribution < 1.29 is 9.63 Å². The molecule has 0 saturated carbocycles. The van der Waals surface area contributed by atoms with Crippen molar-refractivity contribution in [1.82, 2.24) is 0 Å². The maximum absolute atomic E-state index is 11.4. The summed E-state index contributed by atoms with van der Waals surface area (Å²) in [7, 11) is 0. The van der Waals surface area contributed by atoms with Crippen molar-refractivity contribution in [1.29, 1.82) is 0 Å². The van der Waals surface area contributed by atoms with E-state index in [0.29, 0.717) is 12.5 Å². The Morgan fingerprint density at radius 3 is 3.11 bits per heavy atom. The number of Topliss-reactive ketones (excluding diaryl/α,β-unsaturated/α-hetero) is 1. The van der Waals surface area contributed by atoms with Gasteiger partial charge in [0.05, 0.1) is 6.61 Å². The monoisotopic (exact) mass is 248 g/mol. The van der Waals surface area contributed by atoms with Gasteiger partial charge in [-0.2, -0.15) is 0 Å². The standard InChI is InChI=1S/C14H20N2O2/c1-11(17)13-5-2-6-14(8-13)16-7-3-4-12(9-16)10-18-15/h2,5-6,8,12H,3-4,7,9-10,15H2,1H3. The molecule has 1 unspecified atom stereocenters. The molecular formula is C14H20N2O2. The first-order chi connectivity index (χ1) is 8.70. The highest BCUT2D eigenvalue weighted by Crippen LogP contribution is 2.24. The number of carbonyl (C=O) groups is 1. The molecule has 1 saturated heterocycles. The van der Waals surface area contributed by atoms with E-state index in [0.717, 1.165) is 37.2 Å². The summed E-state index contributed by atoms with van der Waals surface area (Å²) in [6, 6.07) is 7.82. The molecule has 1 aliphatic heterocycles. The van der Waals surface area contributed by atoms with Crippen LogP contribution in [-0.2, 0) is 4.84 Å². The zero-order chi connectivity index (χ0) is 13.0. The zero-order valence-corrected chi connectivity index (χ0v) is 10.8. The summed E-state index contributed by atoms with van der Waals surface area (Å²) in [4.78, 5) is 18.4. The van der Waals surface area contributed by atoms with Gasteiger partial charge >= 0.3 is 0 Å². The Hall–Kier alpha value is -1.39. The van der Waals surface area contributed by atoms with Gasteiger partial charge in [-0.1, -0.05) is 12.1 Å². The highest BCUT2D eigenvalue weighted by atomic mass is 16.6. The molecule has 4 nitrogen and oxygen atoms in total. The van der Waals surface area contributed by atoms with Crippen molar-refractivity contribution in [3.63, 3.8) is 0 Å². The molecule has 18 heavy (non-hydrogen) atoms. The van der Waals surface area contributed by atoms with Crippen LogP contribution in [0.2, 0.25) is 0 Å². The van der Waals surface area contributed by atoms with Crippen LogP contribution in [-0.4, -0.2) is 25.5 Å². The lowest BCUT2D eigenvalue weighted by molar-refractivity contribution is 0.0951. The Labute approximate surface area is 108 Å². The van der Waals surface area contributed by atoms with E-state index in [9.17, 15) is 4.79 Å². The van der Waals surface area contributed by atoms with Crippen molar-refractivity contribution in [2.75, 3.05) is 24.6 Å². The summed E-state index contributed by atoms with van der Waals surface area (Å²) in [5.41, 5.74) is 1.88. The lowest BCUT2D eigenvalue weighted by Gasteiger charge is -2.34. The van der Waals surface area contributed by atoms with Crippen molar-refractivity contribution >= 4 is 11.5 Å². The molecule has 0 radical (unpaired) electrons. The Bertz CT molecular complexity index is 418. The number of benzene rings is 1. The number of nitrogens with zero attached hydrogens (tertiary/aromatic N) is 1. The molecule has 1 aromatic rings. The van der Waals surface area contributed by atoms with Crippen LogP contribution >= 0.6 is 0 Å². The summed E-state index contributed by atoms with van der Waals surface area (Å²) in [5.74, 6) is 5.73. The van der Waals surface area contributed by atoms with Gasteiger partial charge in [-0.15, -0.1) is 0 Å². The van der Waals surface area contributed by atoms with Gasteiger partial charge in [-0.3, -0.25) is 4.79 Å². The molecule has 0 aromatic heterocycles. The molecule has 0 bridgehead atoms. The second-order valence-corrected chi connectivity index (χ2v) is 4.89. The van der Waals surface area contributed by atoms with E-state index in [1.54, 1.807) is 6.92 Å². The Morgan fingerprint density at radius 2 is 2.39 bits per heavy atom. The van der Waals surface area contributed by atoms with E-state index in [-0.39, 0.29) is 5.78 Å². The van der Waals surface area contributed by atoms with Crippen LogP contribution in [0.1, 0.15) is 30.1 Å². The molecule has 98 valence electrons. The van der Waals surface area contributed by atoms with E-state index in [4.69, 9.17) is 10.7 Å². The van der Waals surface area contributed by atoms with Gasteiger partial charge in [-0.25, -0.2) is 5.90 Å². The number of nitrogens with two attached hydrogens (primary N) is 1. The molecule has 1 aromatic carbocycles. The largest absolute Gasteiger partial charge is 0.371 e. The molecule has 2 N–H and O–H groups in total. The smallest absolute Gasteiger partial charge is 0.159 e. The maximum Gasteiger partial charge on any atom is 0.159 e. The van der Waals surface area contributed by atoms with Crippen molar-refractivity contribution in [3.05, 3.63) is 29.8 Å². The average Bonchev–Trinajstić information content (AvgIpc) is 2.39. The number of anilines is 1. The Morgan fingerprint density at radius 1 is 1.56 bits per heavy atom. The summed E-state index contributed by atoms with van der Waals surface area (Å²) in [5, 5.41) is 0. The molecule has 4 heteroatoms. The molecule has 1 fully saturated rings. The molecule has 1 aliphatic rings. The van der Waals surface area contributed by atoms with Crippen molar-refractivity contribution in [2.24, 2.45) is 11.8 Å². The second kappa shape index (κ2) is 5.98. The summed E-state index contributed by atoms with van der Waals surface area (Å²) in [6.45, 7) is 4.17.